The average molecular weight is 283 g/mol. The number of aromatic nitrogens is 2. The summed E-state index contributed by atoms with van der Waals surface area (Å²) in [4.78, 5) is 13.6. The van der Waals surface area contributed by atoms with E-state index in [9.17, 15) is 4.79 Å². The summed E-state index contributed by atoms with van der Waals surface area (Å²) < 4.78 is 10.9. The van der Waals surface area contributed by atoms with Crippen LogP contribution >= 0.6 is 0 Å². The number of amides is 1. The van der Waals surface area contributed by atoms with Crippen LogP contribution in [0.25, 0.3) is 0 Å². The molecular formula is C12H21N5O3. The van der Waals surface area contributed by atoms with Crippen molar-refractivity contribution in [3.05, 3.63) is 5.89 Å². The Morgan fingerprint density at radius 2 is 2.30 bits per heavy atom. The van der Waals surface area contributed by atoms with Crippen LogP contribution in [0, 0.1) is 0 Å². The topological polar surface area (TPSA) is 92.5 Å². The third-order valence-electron chi connectivity index (χ3n) is 3.04. The fourth-order valence-corrected chi connectivity index (χ4v) is 1.94. The summed E-state index contributed by atoms with van der Waals surface area (Å²) >= 11 is 0. The Balaban J connectivity index is 2.06. The largest absolute Gasteiger partial charge is 0.407 e. The number of ether oxygens (including phenoxy) is 1. The summed E-state index contributed by atoms with van der Waals surface area (Å²) in [6.07, 6.45) is 0. The molecule has 20 heavy (non-hydrogen) atoms. The van der Waals surface area contributed by atoms with Crippen LogP contribution in [0.5, 0.6) is 0 Å². The van der Waals surface area contributed by atoms with Crippen LogP contribution in [0.1, 0.15) is 19.7 Å². The standard InChI is InChI=1S/C12H21N5O3/c1-8(2)14-6-10-15-16-12(20-10)17-4-5-19-7-9(17)11(18)13-3/h8-9,14H,4-7H2,1-3H3,(H,13,18). The zero-order valence-corrected chi connectivity index (χ0v) is 12.0. The zero-order valence-electron chi connectivity index (χ0n) is 12.0. The lowest BCUT2D eigenvalue weighted by molar-refractivity contribution is -0.124. The lowest BCUT2D eigenvalue weighted by atomic mass is 10.2. The van der Waals surface area contributed by atoms with E-state index >= 15 is 0 Å². The van der Waals surface area contributed by atoms with Crippen molar-refractivity contribution in [2.75, 3.05) is 31.7 Å². The molecule has 0 bridgehead atoms. The van der Waals surface area contributed by atoms with Gasteiger partial charge in [0.15, 0.2) is 0 Å². The normalized spacial score (nSPS) is 19.4. The number of nitrogens with zero attached hydrogens (tertiary/aromatic N) is 3. The van der Waals surface area contributed by atoms with Gasteiger partial charge < -0.3 is 24.7 Å². The first-order chi connectivity index (χ1) is 9.61. The number of morpholine rings is 1. The Labute approximate surface area is 117 Å². The molecule has 1 atom stereocenters. The van der Waals surface area contributed by atoms with Gasteiger partial charge in [-0.2, -0.15) is 0 Å². The number of carbonyl (C=O) groups excluding carboxylic acids is 1. The van der Waals surface area contributed by atoms with Crippen LogP contribution in [0.15, 0.2) is 4.42 Å². The molecule has 112 valence electrons. The van der Waals surface area contributed by atoms with Gasteiger partial charge in [-0.3, -0.25) is 4.79 Å². The van der Waals surface area contributed by atoms with Crippen molar-refractivity contribution in [1.82, 2.24) is 20.8 Å². The smallest absolute Gasteiger partial charge is 0.319 e. The van der Waals surface area contributed by atoms with E-state index in [0.29, 0.717) is 44.3 Å². The first-order valence-electron chi connectivity index (χ1n) is 6.73. The lowest BCUT2D eigenvalue weighted by Crippen LogP contribution is -2.53. The molecule has 0 aliphatic carbocycles. The monoisotopic (exact) mass is 283 g/mol. The molecule has 0 saturated carbocycles. The first-order valence-corrected chi connectivity index (χ1v) is 6.73. The lowest BCUT2D eigenvalue weighted by Gasteiger charge is -2.32. The van der Waals surface area contributed by atoms with Gasteiger partial charge in [-0.1, -0.05) is 18.9 Å². The summed E-state index contributed by atoms with van der Waals surface area (Å²) in [5.41, 5.74) is 0. The quantitative estimate of drug-likeness (QED) is 0.754. The third-order valence-corrected chi connectivity index (χ3v) is 3.04. The summed E-state index contributed by atoms with van der Waals surface area (Å²) in [6.45, 7) is 6.01. The van der Waals surface area contributed by atoms with Gasteiger partial charge in [0.1, 0.15) is 6.04 Å². The second-order valence-corrected chi connectivity index (χ2v) is 4.91. The zero-order chi connectivity index (χ0) is 14.5. The van der Waals surface area contributed by atoms with Crippen LogP contribution in [0.3, 0.4) is 0 Å². The molecule has 1 aliphatic rings. The molecule has 0 spiro atoms. The molecule has 0 aromatic carbocycles. The highest BCUT2D eigenvalue weighted by molar-refractivity contribution is 5.84. The third kappa shape index (κ3) is 3.45. The van der Waals surface area contributed by atoms with E-state index < -0.39 is 6.04 Å². The number of rotatable bonds is 5. The van der Waals surface area contributed by atoms with E-state index in [2.05, 4.69) is 20.8 Å². The second kappa shape index (κ2) is 6.67. The molecule has 1 aliphatic heterocycles. The van der Waals surface area contributed by atoms with E-state index in [0.717, 1.165) is 0 Å². The molecule has 2 N–H and O–H groups in total. The number of anilines is 1. The fraction of sp³-hybridized carbons (Fsp3) is 0.750. The van der Waals surface area contributed by atoms with Crippen molar-refractivity contribution in [3.63, 3.8) is 0 Å². The molecule has 1 amide bonds. The minimum absolute atomic E-state index is 0.121. The molecule has 2 rings (SSSR count). The molecule has 8 nitrogen and oxygen atoms in total. The molecule has 1 aromatic rings. The summed E-state index contributed by atoms with van der Waals surface area (Å²) in [5.74, 6) is 0.389. The maximum atomic E-state index is 11.8. The van der Waals surface area contributed by atoms with Crippen molar-refractivity contribution >= 4 is 11.9 Å². The van der Waals surface area contributed by atoms with Crippen molar-refractivity contribution in [1.29, 1.82) is 0 Å². The molecule has 1 unspecified atom stereocenters. The summed E-state index contributed by atoms with van der Waals surface area (Å²) in [5, 5.41) is 13.8. The van der Waals surface area contributed by atoms with Gasteiger partial charge in [-0.15, -0.1) is 5.10 Å². The van der Waals surface area contributed by atoms with E-state index in [1.165, 1.54) is 0 Å². The van der Waals surface area contributed by atoms with Gasteiger partial charge in [0.2, 0.25) is 11.8 Å². The van der Waals surface area contributed by atoms with Crippen molar-refractivity contribution in [2.45, 2.75) is 32.5 Å². The van der Waals surface area contributed by atoms with Crippen LogP contribution in [-0.4, -0.2) is 55.0 Å². The Bertz CT molecular complexity index is 448. The minimum atomic E-state index is -0.430. The van der Waals surface area contributed by atoms with Crippen molar-refractivity contribution in [3.8, 4) is 0 Å². The van der Waals surface area contributed by atoms with Gasteiger partial charge in [0, 0.05) is 19.6 Å². The number of hydrogen-bond donors (Lipinski definition) is 2. The fourth-order valence-electron chi connectivity index (χ4n) is 1.94. The summed E-state index contributed by atoms with van der Waals surface area (Å²) in [7, 11) is 1.60. The molecule has 1 aromatic heterocycles. The molecule has 2 heterocycles. The molecule has 8 heteroatoms. The minimum Gasteiger partial charge on any atom is -0.407 e. The number of nitrogens with one attached hydrogen (secondary N) is 2. The molecule has 0 radical (unpaired) electrons. The van der Waals surface area contributed by atoms with E-state index in [4.69, 9.17) is 9.15 Å². The van der Waals surface area contributed by atoms with Gasteiger partial charge in [0.05, 0.1) is 19.8 Å². The van der Waals surface area contributed by atoms with Gasteiger partial charge in [0.25, 0.3) is 0 Å². The highest BCUT2D eigenvalue weighted by Gasteiger charge is 2.32. The maximum absolute atomic E-state index is 11.8. The van der Waals surface area contributed by atoms with Crippen molar-refractivity contribution < 1.29 is 13.9 Å². The van der Waals surface area contributed by atoms with Gasteiger partial charge in [-0.05, 0) is 0 Å². The van der Waals surface area contributed by atoms with Crippen molar-refractivity contribution in [2.24, 2.45) is 0 Å². The second-order valence-electron chi connectivity index (χ2n) is 4.91. The highest BCUT2D eigenvalue weighted by atomic mass is 16.5. The van der Waals surface area contributed by atoms with Crippen LogP contribution < -0.4 is 15.5 Å². The Hall–Kier alpha value is -1.67. The number of likely N-dealkylation sites (N-methyl/N-ethyl adjacent to an activating group) is 1. The number of hydrogen-bond acceptors (Lipinski definition) is 7. The average Bonchev–Trinajstić information content (AvgIpc) is 2.93. The van der Waals surface area contributed by atoms with E-state index in [1.54, 1.807) is 11.9 Å². The highest BCUT2D eigenvalue weighted by Crippen LogP contribution is 2.18. The van der Waals surface area contributed by atoms with Crippen LogP contribution in [0.2, 0.25) is 0 Å². The predicted octanol–water partition coefficient (Wildman–Crippen LogP) is -0.481. The molecular weight excluding hydrogens is 262 g/mol. The maximum Gasteiger partial charge on any atom is 0.319 e. The van der Waals surface area contributed by atoms with Gasteiger partial charge in [-0.25, -0.2) is 0 Å². The van der Waals surface area contributed by atoms with E-state index in [1.807, 2.05) is 13.8 Å². The first kappa shape index (κ1) is 14.7. The van der Waals surface area contributed by atoms with Gasteiger partial charge >= 0.3 is 6.01 Å². The summed E-state index contributed by atoms with van der Waals surface area (Å²) in [6, 6.07) is 0.273. The molecule has 1 saturated heterocycles. The Kier molecular flexibility index (Phi) is 4.91. The molecule has 1 fully saturated rings. The number of carbonyl (C=O) groups is 1. The SMILES string of the molecule is CNC(=O)C1COCCN1c1nnc(CNC(C)C)o1. The van der Waals surface area contributed by atoms with E-state index in [-0.39, 0.29) is 5.91 Å². The van der Waals surface area contributed by atoms with Crippen LogP contribution in [-0.2, 0) is 16.1 Å². The predicted molar refractivity (Wildman–Crippen MR) is 72.3 cm³/mol. The Morgan fingerprint density at radius 3 is 3.00 bits per heavy atom. The van der Waals surface area contributed by atoms with Crippen LogP contribution in [0.4, 0.5) is 6.01 Å². The Morgan fingerprint density at radius 1 is 1.50 bits per heavy atom.